The number of nitrogens with one attached hydrogen (secondary N) is 1. The fourth-order valence-corrected chi connectivity index (χ4v) is 3.67. The lowest BCUT2D eigenvalue weighted by Gasteiger charge is -2.46. The van der Waals surface area contributed by atoms with Gasteiger partial charge in [0.25, 0.3) is 0 Å². The number of nitrogen functional groups attached to an aromatic ring is 1. The fourth-order valence-electron chi connectivity index (χ4n) is 3.67. The van der Waals surface area contributed by atoms with Crippen LogP contribution in [0, 0.1) is 12.8 Å². The molecule has 2 aliphatic rings. The van der Waals surface area contributed by atoms with Gasteiger partial charge in [0.15, 0.2) is 0 Å². The van der Waals surface area contributed by atoms with E-state index >= 15 is 0 Å². The SMILES string of the molecule is Cc1cnc(NN)nc1N1CCC2C(CCCN2C)C1. The molecule has 3 N–H and O–H groups in total. The molecular formula is C14H24N6. The number of nitrogens with zero attached hydrogens (tertiary/aromatic N) is 4. The van der Waals surface area contributed by atoms with E-state index in [2.05, 4.69) is 39.2 Å². The highest BCUT2D eigenvalue weighted by atomic mass is 15.3. The minimum Gasteiger partial charge on any atom is -0.356 e. The molecule has 110 valence electrons. The van der Waals surface area contributed by atoms with E-state index in [-0.39, 0.29) is 0 Å². The van der Waals surface area contributed by atoms with Gasteiger partial charge in [-0.1, -0.05) is 0 Å². The van der Waals surface area contributed by atoms with Gasteiger partial charge in [-0.05, 0) is 45.7 Å². The van der Waals surface area contributed by atoms with E-state index < -0.39 is 0 Å². The van der Waals surface area contributed by atoms with Gasteiger partial charge in [-0.25, -0.2) is 10.8 Å². The Kier molecular flexibility index (Phi) is 3.76. The summed E-state index contributed by atoms with van der Waals surface area (Å²) < 4.78 is 0. The van der Waals surface area contributed by atoms with Crippen molar-refractivity contribution in [3.8, 4) is 0 Å². The number of rotatable bonds is 2. The zero-order chi connectivity index (χ0) is 14.1. The van der Waals surface area contributed by atoms with E-state index in [0.717, 1.165) is 36.4 Å². The molecule has 3 heterocycles. The van der Waals surface area contributed by atoms with Gasteiger partial charge in [0.05, 0.1) is 0 Å². The van der Waals surface area contributed by atoms with Gasteiger partial charge in [-0.15, -0.1) is 0 Å². The zero-order valence-electron chi connectivity index (χ0n) is 12.3. The number of aromatic nitrogens is 2. The topological polar surface area (TPSA) is 70.3 Å². The van der Waals surface area contributed by atoms with Gasteiger partial charge in [0.1, 0.15) is 5.82 Å². The first-order valence-corrected chi connectivity index (χ1v) is 7.44. The van der Waals surface area contributed by atoms with Crippen LogP contribution >= 0.6 is 0 Å². The zero-order valence-corrected chi connectivity index (χ0v) is 12.3. The van der Waals surface area contributed by atoms with E-state index in [1.54, 1.807) is 0 Å². The van der Waals surface area contributed by atoms with E-state index in [1.807, 2.05) is 6.20 Å². The van der Waals surface area contributed by atoms with Crippen molar-refractivity contribution in [3.05, 3.63) is 11.8 Å². The lowest BCUT2D eigenvalue weighted by Crippen LogP contribution is -2.53. The maximum atomic E-state index is 5.42. The Morgan fingerprint density at radius 3 is 3.00 bits per heavy atom. The van der Waals surface area contributed by atoms with Crippen molar-refractivity contribution in [2.45, 2.75) is 32.2 Å². The molecule has 0 radical (unpaired) electrons. The average molecular weight is 276 g/mol. The summed E-state index contributed by atoms with van der Waals surface area (Å²) in [5.41, 5.74) is 3.66. The second kappa shape index (κ2) is 5.54. The Hall–Kier alpha value is -1.40. The molecule has 20 heavy (non-hydrogen) atoms. The summed E-state index contributed by atoms with van der Waals surface area (Å²) in [7, 11) is 2.26. The average Bonchev–Trinajstić information content (AvgIpc) is 2.48. The number of nitrogens with two attached hydrogens (primary N) is 1. The summed E-state index contributed by atoms with van der Waals surface area (Å²) in [4.78, 5) is 13.6. The first-order chi connectivity index (χ1) is 9.69. The largest absolute Gasteiger partial charge is 0.356 e. The van der Waals surface area contributed by atoms with Gasteiger partial charge in [-0.2, -0.15) is 4.98 Å². The molecule has 0 aliphatic carbocycles. The highest BCUT2D eigenvalue weighted by Gasteiger charge is 2.34. The van der Waals surface area contributed by atoms with Crippen LogP contribution < -0.4 is 16.2 Å². The summed E-state index contributed by atoms with van der Waals surface area (Å²) in [6.45, 7) is 5.47. The van der Waals surface area contributed by atoms with Crippen molar-refractivity contribution in [3.63, 3.8) is 0 Å². The summed E-state index contributed by atoms with van der Waals surface area (Å²) in [6.07, 6.45) is 5.70. The van der Waals surface area contributed by atoms with E-state index in [4.69, 9.17) is 5.84 Å². The number of piperidine rings is 2. The van der Waals surface area contributed by atoms with Crippen molar-refractivity contribution in [2.75, 3.05) is 37.0 Å². The lowest BCUT2D eigenvalue weighted by molar-refractivity contribution is 0.102. The van der Waals surface area contributed by atoms with Gasteiger partial charge in [0, 0.05) is 30.9 Å². The molecule has 0 bridgehead atoms. The molecule has 1 aromatic rings. The lowest BCUT2D eigenvalue weighted by atomic mass is 9.84. The van der Waals surface area contributed by atoms with E-state index in [1.165, 1.54) is 25.8 Å². The molecule has 0 amide bonds. The maximum absolute atomic E-state index is 5.42. The van der Waals surface area contributed by atoms with E-state index in [0.29, 0.717) is 5.95 Å². The van der Waals surface area contributed by atoms with Crippen LogP contribution in [0.4, 0.5) is 11.8 Å². The highest BCUT2D eigenvalue weighted by Crippen LogP contribution is 2.32. The number of hydrogen-bond donors (Lipinski definition) is 2. The Morgan fingerprint density at radius 2 is 2.20 bits per heavy atom. The molecule has 0 saturated carbocycles. The van der Waals surface area contributed by atoms with Gasteiger partial charge < -0.3 is 9.80 Å². The molecule has 6 nitrogen and oxygen atoms in total. The number of hydrogen-bond acceptors (Lipinski definition) is 6. The predicted molar refractivity (Wildman–Crippen MR) is 80.6 cm³/mol. The first kappa shape index (κ1) is 13.6. The third-order valence-corrected chi connectivity index (χ3v) is 4.72. The molecule has 1 aromatic heterocycles. The van der Waals surface area contributed by atoms with Crippen molar-refractivity contribution < 1.29 is 0 Å². The Morgan fingerprint density at radius 1 is 1.35 bits per heavy atom. The predicted octanol–water partition coefficient (Wildman–Crippen LogP) is 0.991. The third kappa shape index (κ3) is 2.45. The van der Waals surface area contributed by atoms with Crippen LogP contribution in [-0.4, -0.2) is 47.6 Å². The molecule has 2 atom stereocenters. The van der Waals surface area contributed by atoms with Gasteiger partial charge >= 0.3 is 0 Å². The number of aryl methyl sites for hydroxylation is 1. The number of fused-ring (bicyclic) bond motifs is 1. The molecule has 2 saturated heterocycles. The van der Waals surface area contributed by atoms with Gasteiger partial charge in [0.2, 0.25) is 5.95 Å². The number of likely N-dealkylation sites (tertiary alicyclic amines) is 1. The molecule has 3 rings (SSSR count). The van der Waals surface area contributed by atoms with Gasteiger partial charge in [-0.3, -0.25) is 5.43 Å². The number of hydrazine groups is 1. The van der Waals surface area contributed by atoms with Crippen LogP contribution in [0.15, 0.2) is 6.20 Å². The molecule has 2 fully saturated rings. The standard InChI is InChI=1S/C14H24N6/c1-10-8-16-14(18-15)17-13(10)20-7-5-12-11(9-20)4-3-6-19(12)2/h8,11-12H,3-7,9,15H2,1-2H3,(H,16,17,18). The Bertz CT molecular complexity index is 477. The van der Waals surface area contributed by atoms with Crippen LogP contribution in [0.5, 0.6) is 0 Å². The van der Waals surface area contributed by atoms with Crippen LogP contribution in [0.25, 0.3) is 0 Å². The van der Waals surface area contributed by atoms with Crippen molar-refractivity contribution in [2.24, 2.45) is 11.8 Å². The highest BCUT2D eigenvalue weighted by molar-refractivity contribution is 5.49. The summed E-state index contributed by atoms with van der Waals surface area (Å²) in [5, 5.41) is 0. The maximum Gasteiger partial charge on any atom is 0.239 e. The van der Waals surface area contributed by atoms with Crippen LogP contribution in [-0.2, 0) is 0 Å². The molecule has 2 aliphatic heterocycles. The smallest absolute Gasteiger partial charge is 0.239 e. The summed E-state index contributed by atoms with van der Waals surface area (Å²) in [5.74, 6) is 7.70. The van der Waals surface area contributed by atoms with Crippen LogP contribution in [0.2, 0.25) is 0 Å². The Balaban J connectivity index is 1.79. The van der Waals surface area contributed by atoms with Crippen molar-refractivity contribution >= 4 is 11.8 Å². The second-order valence-electron chi connectivity index (χ2n) is 6.03. The Labute approximate surface area is 120 Å². The quantitative estimate of drug-likeness (QED) is 0.620. The molecule has 6 heteroatoms. The fraction of sp³-hybridized carbons (Fsp3) is 0.714. The van der Waals surface area contributed by atoms with Crippen molar-refractivity contribution in [1.82, 2.24) is 14.9 Å². The monoisotopic (exact) mass is 276 g/mol. The normalized spacial score (nSPS) is 27.2. The minimum absolute atomic E-state index is 0.494. The molecule has 0 aromatic carbocycles. The molecule has 0 spiro atoms. The third-order valence-electron chi connectivity index (χ3n) is 4.72. The second-order valence-corrected chi connectivity index (χ2v) is 6.03. The minimum atomic E-state index is 0.494. The summed E-state index contributed by atoms with van der Waals surface area (Å²) in [6, 6.07) is 0.745. The first-order valence-electron chi connectivity index (χ1n) is 7.44. The summed E-state index contributed by atoms with van der Waals surface area (Å²) >= 11 is 0. The van der Waals surface area contributed by atoms with Crippen molar-refractivity contribution in [1.29, 1.82) is 0 Å². The molecular weight excluding hydrogens is 252 g/mol. The van der Waals surface area contributed by atoms with E-state index in [9.17, 15) is 0 Å². The van der Waals surface area contributed by atoms with Crippen LogP contribution in [0.3, 0.4) is 0 Å². The number of anilines is 2. The van der Waals surface area contributed by atoms with Crippen LogP contribution in [0.1, 0.15) is 24.8 Å². The molecule has 2 unspecified atom stereocenters.